The molecule has 0 saturated carbocycles. The van der Waals surface area contributed by atoms with Gasteiger partial charge in [-0.2, -0.15) is 13.2 Å². The van der Waals surface area contributed by atoms with Crippen LogP contribution in [0.1, 0.15) is 10.5 Å². The molecule has 0 aliphatic rings. The highest BCUT2D eigenvalue weighted by atomic mass is 35.5. The monoisotopic (exact) mass is 273 g/mol. The minimum atomic E-state index is -4.49. The number of halogens is 5. The van der Waals surface area contributed by atoms with Crippen LogP contribution >= 0.6 is 23.2 Å². The molecule has 0 aliphatic heterocycles. The quantitative estimate of drug-likeness (QED) is 0.663. The number of hydrogen-bond acceptors (Lipinski definition) is 3. The van der Waals surface area contributed by atoms with Gasteiger partial charge in [0.15, 0.2) is 0 Å². The van der Waals surface area contributed by atoms with Gasteiger partial charge in [-0.3, -0.25) is 4.79 Å². The molecule has 0 aromatic carbocycles. The van der Waals surface area contributed by atoms with E-state index in [9.17, 15) is 18.0 Å². The van der Waals surface area contributed by atoms with E-state index in [1.807, 2.05) is 0 Å². The lowest BCUT2D eigenvalue weighted by molar-refractivity contribution is -0.123. The number of aromatic nitrogens is 2. The minimum Gasteiger partial charge on any atom is -0.342 e. The van der Waals surface area contributed by atoms with Crippen molar-refractivity contribution in [3.63, 3.8) is 0 Å². The fourth-order valence-corrected chi connectivity index (χ4v) is 1.19. The Kier molecular flexibility index (Phi) is 3.93. The van der Waals surface area contributed by atoms with E-state index < -0.39 is 18.6 Å². The first-order valence-corrected chi connectivity index (χ1v) is 4.58. The summed E-state index contributed by atoms with van der Waals surface area (Å²) >= 11 is 10.8. The first-order chi connectivity index (χ1) is 7.28. The molecule has 1 aromatic rings. The summed E-state index contributed by atoms with van der Waals surface area (Å²) in [5.74, 6) is -1.02. The third-order valence-electron chi connectivity index (χ3n) is 1.35. The number of amides is 1. The van der Waals surface area contributed by atoms with Crippen molar-refractivity contribution in [1.29, 1.82) is 0 Å². The van der Waals surface area contributed by atoms with Gasteiger partial charge in [-0.05, 0) is 11.6 Å². The van der Waals surface area contributed by atoms with Crippen LogP contribution in [-0.4, -0.2) is 28.6 Å². The second-order valence-corrected chi connectivity index (χ2v) is 3.37. The van der Waals surface area contributed by atoms with Crippen LogP contribution in [0.2, 0.25) is 10.4 Å². The Balaban J connectivity index is 2.73. The highest BCUT2D eigenvalue weighted by molar-refractivity contribution is 6.32. The number of nitrogens with one attached hydrogen (secondary N) is 1. The first kappa shape index (κ1) is 13.0. The lowest BCUT2D eigenvalue weighted by atomic mass is 10.4. The van der Waals surface area contributed by atoms with Crippen LogP contribution in [0.5, 0.6) is 0 Å². The molecule has 1 rings (SSSR count). The van der Waals surface area contributed by atoms with Gasteiger partial charge in [-0.1, -0.05) is 11.6 Å². The second kappa shape index (κ2) is 4.84. The third-order valence-corrected chi connectivity index (χ3v) is 1.71. The minimum absolute atomic E-state index is 0.128. The molecule has 9 heteroatoms. The van der Waals surface area contributed by atoms with Crippen molar-refractivity contribution >= 4 is 29.1 Å². The molecule has 0 unspecified atom stereocenters. The molecule has 0 saturated heterocycles. The summed E-state index contributed by atoms with van der Waals surface area (Å²) in [5.41, 5.74) is -0.325. The molecule has 1 heterocycles. The number of carbonyl (C=O) groups is 1. The van der Waals surface area contributed by atoms with Crippen molar-refractivity contribution in [3.05, 3.63) is 22.2 Å². The van der Waals surface area contributed by atoms with Gasteiger partial charge in [0, 0.05) is 6.07 Å². The van der Waals surface area contributed by atoms with E-state index in [4.69, 9.17) is 23.2 Å². The highest BCUT2D eigenvalue weighted by Crippen LogP contribution is 2.14. The Labute approximate surface area is 97.8 Å². The number of alkyl halides is 3. The lowest BCUT2D eigenvalue weighted by Gasteiger charge is -2.07. The van der Waals surface area contributed by atoms with Gasteiger partial charge in [-0.15, -0.1) is 0 Å². The van der Waals surface area contributed by atoms with Crippen LogP contribution < -0.4 is 5.32 Å². The van der Waals surface area contributed by atoms with Gasteiger partial charge in [0.2, 0.25) is 5.28 Å². The number of hydrogen-bond donors (Lipinski definition) is 1. The zero-order valence-corrected chi connectivity index (χ0v) is 8.99. The summed E-state index contributed by atoms with van der Waals surface area (Å²) in [5, 5.41) is 1.18. The zero-order valence-electron chi connectivity index (χ0n) is 7.48. The van der Waals surface area contributed by atoms with Crippen LogP contribution in [0, 0.1) is 0 Å². The van der Waals surface area contributed by atoms with Crippen molar-refractivity contribution in [2.75, 3.05) is 6.54 Å². The Morgan fingerprint density at radius 3 is 2.50 bits per heavy atom. The van der Waals surface area contributed by atoms with Crippen LogP contribution in [-0.2, 0) is 0 Å². The molecule has 1 amide bonds. The summed E-state index contributed by atoms with van der Waals surface area (Å²) in [6.45, 7) is -1.45. The maximum absolute atomic E-state index is 11.8. The smallest absolute Gasteiger partial charge is 0.342 e. The maximum Gasteiger partial charge on any atom is 0.405 e. The first-order valence-electron chi connectivity index (χ1n) is 3.83. The van der Waals surface area contributed by atoms with Gasteiger partial charge < -0.3 is 5.32 Å². The summed E-state index contributed by atoms with van der Waals surface area (Å²) in [4.78, 5) is 18.0. The third kappa shape index (κ3) is 4.19. The topological polar surface area (TPSA) is 54.9 Å². The van der Waals surface area contributed by atoms with E-state index in [0.29, 0.717) is 0 Å². The maximum atomic E-state index is 11.8. The average Bonchev–Trinajstić information content (AvgIpc) is 2.11. The van der Waals surface area contributed by atoms with Gasteiger partial charge in [0.25, 0.3) is 5.91 Å². The molecule has 0 radical (unpaired) electrons. The largest absolute Gasteiger partial charge is 0.405 e. The second-order valence-electron chi connectivity index (χ2n) is 2.64. The fraction of sp³-hybridized carbons (Fsp3) is 0.286. The van der Waals surface area contributed by atoms with Gasteiger partial charge in [0.05, 0.1) is 0 Å². The summed E-state index contributed by atoms with van der Waals surface area (Å²) in [6.07, 6.45) is -4.49. The van der Waals surface area contributed by atoms with Crippen molar-refractivity contribution in [3.8, 4) is 0 Å². The molecule has 0 atom stereocenters. The average molecular weight is 274 g/mol. The molecule has 16 heavy (non-hydrogen) atoms. The van der Waals surface area contributed by atoms with Gasteiger partial charge >= 0.3 is 6.18 Å². The Hall–Kier alpha value is -1.08. The van der Waals surface area contributed by atoms with Gasteiger partial charge in [-0.25, -0.2) is 9.97 Å². The summed E-state index contributed by atoms with van der Waals surface area (Å²) < 4.78 is 35.4. The molecule has 1 aromatic heterocycles. The molecule has 88 valence electrons. The SMILES string of the molecule is O=C(NCC(F)(F)F)c1cc(Cl)nc(Cl)n1. The van der Waals surface area contributed by atoms with Gasteiger partial charge in [0.1, 0.15) is 17.4 Å². The Morgan fingerprint density at radius 1 is 1.38 bits per heavy atom. The predicted octanol–water partition coefficient (Wildman–Crippen LogP) is 2.08. The van der Waals surface area contributed by atoms with Crippen molar-refractivity contribution < 1.29 is 18.0 Å². The van der Waals surface area contributed by atoms with E-state index in [2.05, 4.69) is 9.97 Å². The molecule has 1 N–H and O–H groups in total. The standard InChI is InChI=1S/C7H4Cl2F3N3O/c8-4-1-3(14-6(9)15-4)5(16)13-2-7(10,11)12/h1H,2H2,(H,13,16). The highest BCUT2D eigenvalue weighted by Gasteiger charge is 2.28. The molecular weight excluding hydrogens is 270 g/mol. The van der Waals surface area contributed by atoms with E-state index in [-0.39, 0.29) is 16.1 Å². The molecule has 0 bridgehead atoms. The molecule has 0 spiro atoms. The van der Waals surface area contributed by atoms with Crippen LogP contribution in [0.25, 0.3) is 0 Å². The number of carbonyl (C=O) groups excluding carboxylic acids is 1. The van der Waals surface area contributed by atoms with Crippen molar-refractivity contribution in [2.24, 2.45) is 0 Å². The number of rotatable bonds is 2. The molecule has 0 aliphatic carbocycles. The molecular formula is C7H4Cl2F3N3O. The normalized spacial score (nSPS) is 11.3. The summed E-state index contributed by atoms with van der Waals surface area (Å²) in [6, 6.07) is 1.01. The molecule has 4 nitrogen and oxygen atoms in total. The Morgan fingerprint density at radius 2 is 2.00 bits per heavy atom. The lowest BCUT2D eigenvalue weighted by Crippen LogP contribution is -2.34. The van der Waals surface area contributed by atoms with Crippen molar-refractivity contribution in [1.82, 2.24) is 15.3 Å². The van der Waals surface area contributed by atoms with Crippen molar-refractivity contribution in [2.45, 2.75) is 6.18 Å². The zero-order chi connectivity index (χ0) is 12.3. The summed E-state index contributed by atoms with van der Waals surface area (Å²) in [7, 11) is 0. The Bertz CT molecular complexity index is 390. The number of nitrogens with zero attached hydrogens (tertiary/aromatic N) is 2. The van der Waals surface area contributed by atoms with Crippen LogP contribution in [0.3, 0.4) is 0 Å². The van der Waals surface area contributed by atoms with E-state index in [1.54, 1.807) is 5.32 Å². The van der Waals surface area contributed by atoms with E-state index in [1.165, 1.54) is 0 Å². The molecule has 0 fully saturated rings. The van der Waals surface area contributed by atoms with Crippen LogP contribution in [0.4, 0.5) is 13.2 Å². The van der Waals surface area contributed by atoms with E-state index in [0.717, 1.165) is 6.07 Å². The predicted molar refractivity (Wildman–Crippen MR) is 50.4 cm³/mol. The van der Waals surface area contributed by atoms with E-state index >= 15 is 0 Å². The fourth-order valence-electron chi connectivity index (χ4n) is 0.777. The van der Waals surface area contributed by atoms with Crippen LogP contribution in [0.15, 0.2) is 6.07 Å².